The Kier molecular flexibility index (Phi) is 6.77. The second-order valence-electron chi connectivity index (χ2n) is 7.75. The predicted octanol–water partition coefficient (Wildman–Crippen LogP) is 2.86. The number of nitrogens with one attached hydrogen (secondary N) is 2. The van der Waals surface area contributed by atoms with E-state index in [-0.39, 0.29) is 28.7 Å². The van der Waals surface area contributed by atoms with Crippen LogP contribution in [0, 0.1) is 5.92 Å². The first kappa shape index (κ1) is 21.8. The number of likely N-dealkylation sites (tertiary alicyclic amines) is 1. The van der Waals surface area contributed by atoms with Crippen LogP contribution in [0.1, 0.15) is 37.0 Å². The summed E-state index contributed by atoms with van der Waals surface area (Å²) in [6.07, 6.45) is 1.67. The van der Waals surface area contributed by atoms with Crippen LogP contribution in [-0.4, -0.2) is 44.3 Å². The van der Waals surface area contributed by atoms with Gasteiger partial charge in [-0.25, -0.2) is 8.42 Å². The molecular weight excluding hydrogens is 402 g/mol. The number of benzene rings is 2. The minimum absolute atomic E-state index is 0.00986. The zero-order valence-corrected chi connectivity index (χ0v) is 18.0. The molecule has 0 aromatic heterocycles. The van der Waals surface area contributed by atoms with E-state index in [0.717, 1.165) is 12.8 Å². The second kappa shape index (κ2) is 9.30. The van der Waals surface area contributed by atoms with E-state index in [9.17, 15) is 18.0 Å². The van der Waals surface area contributed by atoms with Crippen molar-refractivity contribution in [2.75, 3.05) is 17.8 Å². The highest BCUT2D eigenvalue weighted by atomic mass is 32.2. The van der Waals surface area contributed by atoms with Crippen molar-refractivity contribution in [3.63, 3.8) is 0 Å². The molecule has 1 atom stereocenters. The third kappa shape index (κ3) is 5.38. The molecule has 0 aliphatic carbocycles. The van der Waals surface area contributed by atoms with Gasteiger partial charge < -0.3 is 10.2 Å². The molecule has 2 aromatic carbocycles. The van der Waals surface area contributed by atoms with Crippen LogP contribution in [0.2, 0.25) is 0 Å². The first-order valence-corrected chi connectivity index (χ1v) is 11.5. The van der Waals surface area contributed by atoms with Gasteiger partial charge in [0.1, 0.15) is 0 Å². The number of rotatable bonds is 6. The normalized spacial score (nSPS) is 16.9. The van der Waals surface area contributed by atoms with Crippen molar-refractivity contribution in [3.8, 4) is 0 Å². The van der Waals surface area contributed by atoms with Gasteiger partial charge in [0.2, 0.25) is 5.91 Å². The molecule has 0 saturated carbocycles. The summed E-state index contributed by atoms with van der Waals surface area (Å²) in [5.74, 6) is -0.233. The molecule has 1 aliphatic heterocycles. The zero-order valence-electron chi connectivity index (χ0n) is 17.2. The van der Waals surface area contributed by atoms with Crippen molar-refractivity contribution >= 4 is 27.5 Å². The molecule has 30 heavy (non-hydrogen) atoms. The maximum absolute atomic E-state index is 12.9. The highest BCUT2D eigenvalue weighted by Gasteiger charge is 2.26. The Balaban J connectivity index is 1.64. The summed E-state index contributed by atoms with van der Waals surface area (Å²) in [5.41, 5.74) is 0.865. The third-order valence-electron chi connectivity index (χ3n) is 5.02. The third-order valence-corrected chi connectivity index (χ3v) is 6.41. The Morgan fingerprint density at radius 1 is 1.03 bits per heavy atom. The number of sulfonamides is 1. The van der Waals surface area contributed by atoms with Crippen LogP contribution in [0.3, 0.4) is 0 Å². The fourth-order valence-electron chi connectivity index (χ4n) is 3.32. The molecule has 2 N–H and O–H groups in total. The van der Waals surface area contributed by atoms with Gasteiger partial charge in [-0.1, -0.05) is 32.0 Å². The molecule has 0 bridgehead atoms. The molecule has 0 spiro atoms. The average molecular weight is 430 g/mol. The largest absolute Gasteiger partial charge is 0.351 e. The van der Waals surface area contributed by atoms with E-state index in [1.54, 1.807) is 47.4 Å². The molecule has 2 aromatic rings. The lowest BCUT2D eigenvalue weighted by Crippen LogP contribution is -2.50. The van der Waals surface area contributed by atoms with Crippen molar-refractivity contribution in [2.24, 2.45) is 5.92 Å². The van der Waals surface area contributed by atoms with Crippen molar-refractivity contribution in [1.29, 1.82) is 0 Å². The van der Waals surface area contributed by atoms with Gasteiger partial charge in [-0.15, -0.1) is 0 Å². The first-order chi connectivity index (χ1) is 14.3. The van der Waals surface area contributed by atoms with Crippen LogP contribution in [0.4, 0.5) is 5.69 Å². The van der Waals surface area contributed by atoms with Crippen molar-refractivity contribution in [3.05, 3.63) is 60.2 Å². The predicted molar refractivity (Wildman–Crippen MR) is 116 cm³/mol. The van der Waals surface area contributed by atoms with Crippen LogP contribution in [-0.2, 0) is 14.8 Å². The van der Waals surface area contributed by atoms with Crippen molar-refractivity contribution in [1.82, 2.24) is 10.2 Å². The molecule has 8 heteroatoms. The fraction of sp³-hybridized carbons (Fsp3) is 0.364. The van der Waals surface area contributed by atoms with Gasteiger partial charge in [-0.3, -0.25) is 14.3 Å². The van der Waals surface area contributed by atoms with Crippen LogP contribution < -0.4 is 10.0 Å². The summed E-state index contributed by atoms with van der Waals surface area (Å²) in [4.78, 5) is 26.7. The van der Waals surface area contributed by atoms with Crippen LogP contribution >= 0.6 is 0 Å². The summed E-state index contributed by atoms with van der Waals surface area (Å²) in [6.45, 7) is 4.79. The average Bonchev–Trinajstić information content (AvgIpc) is 2.74. The molecular formula is C22H27N3O4S. The van der Waals surface area contributed by atoms with Gasteiger partial charge in [-0.05, 0) is 49.2 Å². The maximum Gasteiger partial charge on any atom is 0.261 e. The summed E-state index contributed by atoms with van der Waals surface area (Å²) < 4.78 is 27.4. The number of anilines is 1. The van der Waals surface area contributed by atoms with Crippen molar-refractivity contribution in [2.45, 2.75) is 37.6 Å². The molecule has 0 radical (unpaired) electrons. The quantitative estimate of drug-likeness (QED) is 0.738. The number of carbonyl (C=O) groups is 2. The lowest BCUT2D eigenvalue weighted by molar-refractivity contribution is -0.125. The zero-order chi connectivity index (χ0) is 21.7. The topological polar surface area (TPSA) is 95.6 Å². The SMILES string of the molecule is CC(C)C(=O)NC1CCCN(C(=O)c2ccc(NS(=O)(=O)c3ccccc3)cc2)C1. The minimum Gasteiger partial charge on any atom is -0.351 e. The molecule has 1 heterocycles. The van der Waals surface area contributed by atoms with Gasteiger partial charge in [0.05, 0.1) is 4.90 Å². The maximum atomic E-state index is 12.9. The van der Waals surface area contributed by atoms with Gasteiger partial charge in [0.15, 0.2) is 0 Å². The molecule has 1 fully saturated rings. The lowest BCUT2D eigenvalue weighted by atomic mass is 10.0. The Morgan fingerprint density at radius 3 is 2.33 bits per heavy atom. The van der Waals surface area contributed by atoms with E-state index in [2.05, 4.69) is 10.0 Å². The first-order valence-electron chi connectivity index (χ1n) is 10.0. The standard InChI is InChI=1S/C22H27N3O4S/c1-16(2)21(26)23-19-7-6-14-25(15-19)22(27)17-10-12-18(13-11-17)24-30(28,29)20-8-4-3-5-9-20/h3-5,8-13,16,19,24H,6-7,14-15H2,1-2H3,(H,23,26). The number of hydrogen-bond donors (Lipinski definition) is 2. The minimum atomic E-state index is -3.68. The van der Waals surface area contributed by atoms with E-state index in [1.165, 1.54) is 12.1 Å². The molecule has 7 nitrogen and oxygen atoms in total. The Bertz CT molecular complexity index is 989. The van der Waals surface area contributed by atoms with Crippen LogP contribution in [0.25, 0.3) is 0 Å². The van der Waals surface area contributed by atoms with E-state index >= 15 is 0 Å². The Hall–Kier alpha value is -2.87. The van der Waals surface area contributed by atoms with Crippen LogP contribution in [0.5, 0.6) is 0 Å². The smallest absolute Gasteiger partial charge is 0.261 e. The summed E-state index contributed by atoms with van der Waals surface area (Å²) >= 11 is 0. The van der Waals surface area contributed by atoms with Gasteiger partial charge in [0.25, 0.3) is 15.9 Å². The highest BCUT2D eigenvalue weighted by molar-refractivity contribution is 7.92. The van der Waals surface area contributed by atoms with E-state index < -0.39 is 10.0 Å². The summed E-state index contributed by atoms with van der Waals surface area (Å²) in [5, 5.41) is 3.00. The van der Waals surface area contributed by atoms with E-state index in [0.29, 0.717) is 24.3 Å². The highest BCUT2D eigenvalue weighted by Crippen LogP contribution is 2.19. The second-order valence-corrected chi connectivity index (χ2v) is 9.43. The molecule has 1 saturated heterocycles. The summed E-state index contributed by atoms with van der Waals surface area (Å²) in [6, 6.07) is 14.4. The summed E-state index contributed by atoms with van der Waals surface area (Å²) in [7, 11) is -3.68. The van der Waals surface area contributed by atoms with E-state index in [1.807, 2.05) is 13.8 Å². The molecule has 1 aliphatic rings. The molecule has 1 unspecified atom stereocenters. The molecule has 2 amide bonds. The molecule has 3 rings (SSSR count). The number of amides is 2. The van der Waals surface area contributed by atoms with Crippen LogP contribution in [0.15, 0.2) is 59.5 Å². The van der Waals surface area contributed by atoms with Gasteiger partial charge in [0, 0.05) is 36.3 Å². The Labute approximate surface area is 177 Å². The number of nitrogens with zero attached hydrogens (tertiary/aromatic N) is 1. The van der Waals surface area contributed by atoms with E-state index in [4.69, 9.17) is 0 Å². The molecule has 160 valence electrons. The van der Waals surface area contributed by atoms with Crippen molar-refractivity contribution < 1.29 is 18.0 Å². The number of carbonyl (C=O) groups excluding carboxylic acids is 2. The monoisotopic (exact) mass is 429 g/mol. The number of hydrogen-bond acceptors (Lipinski definition) is 4. The number of piperidine rings is 1. The lowest BCUT2D eigenvalue weighted by Gasteiger charge is -2.33. The van der Waals surface area contributed by atoms with Gasteiger partial charge >= 0.3 is 0 Å². The fourth-order valence-corrected chi connectivity index (χ4v) is 4.40. The van der Waals surface area contributed by atoms with Gasteiger partial charge in [-0.2, -0.15) is 0 Å². The Morgan fingerprint density at radius 2 is 1.70 bits per heavy atom.